The van der Waals surface area contributed by atoms with E-state index in [1.807, 2.05) is 0 Å². The molecule has 15 heavy (non-hydrogen) atoms. The van der Waals surface area contributed by atoms with E-state index in [-0.39, 0.29) is 5.56 Å². The van der Waals surface area contributed by atoms with Crippen LogP contribution in [0.5, 0.6) is 11.5 Å². The van der Waals surface area contributed by atoms with Crippen molar-refractivity contribution in [3.8, 4) is 11.5 Å². The SMILES string of the molecule is COc1cc(OC)c2c(=O)[nH]nnc2c1. The van der Waals surface area contributed by atoms with Crippen molar-refractivity contribution in [2.75, 3.05) is 14.2 Å². The Kier molecular flexibility index (Phi) is 2.24. The van der Waals surface area contributed by atoms with Crippen molar-refractivity contribution in [2.45, 2.75) is 0 Å². The predicted molar refractivity (Wildman–Crippen MR) is 53.3 cm³/mol. The zero-order valence-corrected chi connectivity index (χ0v) is 8.27. The third kappa shape index (κ3) is 1.50. The molecule has 1 N–H and O–H groups in total. The molecule has 1 aromatic carbocycles. The van der Waals surface area contributed by atoms with Gasteiger partial charge < -0.3 is 9.47 Å². The average molecular weight is 207 g/mol. The van der Waals surface area contributed by atoms with E-state index >= 15 is 0 Å². The highest BCUT2D eigenvalue weighted by molar-refractivity contribution is 5.85. The van der Waals surface area contributed by atoms with Crippen molar-refractivity contribution in [1.82, 2.24) is 15.4 Å². The number of H-pyrrole nitrogens is 1. The van der Waals surface area contributed by atoms with Crippen molar-refractivity contribution in [1.29, 1.82) is 0 Å². The van der Waals surface area contributed by atoms with Gasteiger partial charge in [0.25, 0.3) is 5.56 Å². The molecule has 0 amide bonds. The Labute approximate surface area is 84.8 Å². The number of fused-ring (bicyclic) bond motifs is 1. The molecule has 78 valence electrons. The van der Waals surface area contributed by atoms with Crippen LogP contribution in [0.3, 0.4) is 0 Å². The van der Waals surface area contributed by atoms with E-state index in [0.717, 1.165) is 0 Å². The standard InChI is InChI=1S/C9H9N3O3/c1-14-5-3-6-8(7(4-5)15-2)9(13)11-12-10-6/h3-4H,1-2H3,(H,10,11,13). The fourth-order valence-corrected chi connectivity index (χ4v) is 1.34. The monoisotopic (exact) mass is 207 g/mol. The van der Waals surface area contributed by atoms with Gasteiger partial charge in [0.05, 0.1) is 14.2 Å². The first-order valence-electron chi connectivity index (χ1n) is 4.23. The van der Waals surface area contributed by atoms with Gasteiger partial charge in [0.15, 0.2) is 0 Å². The third-order valence-corrected chi connectivity index (χ3v) is 2.05. The van der Waals surface area contributed by atoms with E-state index in [9.17, 15) is 4.79 Å². The molecule has 0 aliphatic heterocycles. The number of hydrogen-bond donors (Lipinski definition) is 1. The van der Waals surface area contributed by atoms with E-state index in [2.05, 4.69) is 15.4 Å². The van der Waals surface area contributed by atoms with Gasteiger partial charge >= 0.3 is 0 Å². The summed E-state index contributed by atoms with van der Waals surface area (Å²) in [5.41, 5.74) is 0.106. The average Bonchev–Trinajstić information content (AvgIpc) is 2.27. The Hall–Kier alpha value is -2.11. The van der Waals surface area contributed by atoms with Gasteiger partial charge in [0.1, 0.15) is 22.4 Å². The maximum absolute atomic E-state index is 11.5. The van der Waals surface area contributed by atoms with Crippen LogP contribution in [0.4, 0.5) is 0 Å². The summed E-state index contributed by atoms with van der Waals surface area (Å²) in [4.78, 5) is 11.5. The number of aromatic amines is 1. The normalized spacial score (nSPS) is 10.3. The van der Waals surface area contributed by atoms with E-state index in [1.54, 1.807) is 12.1 Å². The van der Waals surface area contributed by atoms with E-state index in [1.165, 1.54) is 14.2 Å². The molecule has 1 heterocycles. The predicted octanol–water partition coefficient (Wildman–Crippen LogP) is 0.335. The van der Waals surface area contributed by atoms with Crippen LogP contribution in [0.2, 0.25) is 0 Å². The Balaban J connectivity index is 2.87. The summed E-state index contributed by atoms with van der Waals surface area (Å²) in [5.74, 6) is 0.986. The first-order valence-corrected chi connectivity index (χ1v) is 4.23. The summed E-state index contributed by atoms with van der Waals surface area (Å²) in [5, 5.41) is 9.88. The lowest BCUT2D eigenvalue weighted by molar-refractivity contribution is 0.397. The zero-order valence-electron chi connectivity index (χ0n) is 8.27. The maximum atomic E-state index is 11.5. The molecule has 0 fully saturated rings. The molecule has 6 nitrogen and oxygen atoms in total. The molecular formula is C9H9N3O3. The number of aromatic nitrogens is 3. The Morgan fingerprint density at radius 3 is 2.73 bits per heavy atom. The lowest BCUT2D eigenvalue weighted by Crippen LogP contribution is -2.11. The fraction of sp³-hybridized carbons (Fsp3) is 0.222. The highest BCUT2D eigenvalue weighted by Gasteiger charge is 2.09. The Morgan fingerprint density at radius 1 is 1.27 bits per heavy atom. The van der Waals surface area contributed by atoms with Gasteiger partial charge in [-0.25, -0.2) is 5.10 Å². The highest BCUT2D eigenvalue weighted by atomic mass is 16.5. The molecule has 0 radical (unpaired) electrons. The number of methoxy groups -OCH3 is 2. The second kappa shape index (κ2) is 3.56. The van der Waals surface area contributed by atoms with E-state index < -0.39 is 0 Å². The summed E-state index contributed by atoms with van der Waals surface area (Å²) in [6.45, 7) is 0. The van der Waals surface area contributed by atoms with Crippen molar-refractivity contribution < 1.29 is 9.47 Å². The quantitative estimate of drug-likeness (QED) is 0.768. The number of rotatable bonds is 2. The van der Waals surface area contributed by atoms with Crippen LogP contribution in [-0.4, -0.2) is 29.6 Å². The summed E-state index contributed by atoms with van der Waals surface area (Å²) in [7, 11) is 3.01. The van der Waals surface area contributed by atoms with Gasteiger partial charge in [-0.1, -0.05) is 5.21 Å². The number of ether oxygens (including phenoxy) is 2. The molecule has 1 aromatic heterocycles. The van der Waals surface area contributed by atoms with Crippen molar-refractivity contribution in [3.63, 3.8) is 0 Å². The van der Waals surface area contributed by atoms with Crippen LogP contribution < -0.4 is 15.0 Å². The molecule has 6 heteroatoms. The second-order valence-electron chi connectivity index (χ2n) is 2.86. The van der Waals surface area contributed by atoms with Gasteiger partial charge in [-0.05, 0) is 0 Å². The van der Waals surface area contributed by atoms with Crippen molar-refractivity contribution >= 4 is 10.9 Å². The van der Waals surface area contributed by atoms with Gasteiger partial charge in [-0.2, -0.15) is 0 Å². The molecule has 0 spiro atoms. The first-order chi connectivity index (χ1) is 7.26. The van der Waals surface area contributed by atoms with Crippen LogP contribution in [0, 0.1) is 0 Å². The van der Waals surface area contributed by atoms with Crippen molar-refractivity contribution in [3.05, 3.63) is 22.5 Å². The first kappa shape index (κ1) is 9.45. The second-order valence-corrected chi connectivity index (χ2v) is 2.86. The number of nitrogens with zero attached hydrogens (tertiary/aromatic N) is 2. The lowest BCUT2D eigenvalue weighted by Gasteiger charge is -2.05. The van der Waals surface area contributed by atoms with E-state index in [0.29, 0.717) is 22.4 Å². The van der Waals surface area contributed by atoms with Gasteiger partial charge in [-0.15, -0.1) is 5.10 Å². The van der Waals surface area contributed by atoms with E-state index in [4.69, 9.17) is 9.47 Å². The summed E-state index contributed by atoms with van der Waals surface area (Å²) < 4.78 is 10.1. The van der Waals surface area contributed by atoms with Gasteiger partial charge in [0, 0.05) is 12.1 Å². The van der Waals surface area contributed by atoms with Crippen molar-refractivity contribution in [2.24, 2.45) is 0 Å². The molecule has 0 saturated carbocycles. The number of benzene rings is 1. The minimum Gasteiger partial charge on any atom is -0.497 e. The third-order valence-electron chi connectivity index (χ3n) is 2.05. The van der Waals surface area contributed by atoms with Crippen LogP contribution in [-0.2, 0) is 0 Å². The number of hydrogen-bond acceptors (Lipinski definition) is 5. The smallest absolute Gasteiger partial charge is 0.278 e. The highest BCUT2D eigenvalue weighted by Crippen LogP contribution is 2.26. The summed E-state index contributed by atoms with van der Waals surface area (Å²) in [6, 6.07) is 3.25. The molecule has 0 aliphatic rings. The molecular weight excluding hydrogens is 198 g/mol. The fourth-order valence-electron chi connectivity index (χ4n) is 1.34. The molecule has 0 saturated heterocycles. The molecule has 0 atom stereocenters. The minimum atomic E-state index is -0.334. The van der Waals surface area contributed by atoms with Gasteiger partial charge in [-0.3, -0.25) is 4.79 Å². The maximum Gasteiger partial charge on any atom is 0.278 e. The molecule has 0 aliphatic carbocycles. The topological polar surface area (TPSA) is 77.1 Å². The zero-order chi connectivity index (χ0) is 10.8. The lowest BCUT2D eigenvalue weighted by atomic mass is 10.2. The molecule has 0 bridgehead atoms. The van der Waals surface area contributed by atoms with Crippen LogP contribution in [0.1, 0.15) is 0 Å². The van der Waals surface area contributed by atoms with Crippen LogP contribution >= 0.6 is 0 Å². The Bertz CT molecular complexity index is 550. The van der Waals surface area contributed by atoms with Crippen LogP contribution in [0.25, 0.3) is 10.9 Å². The molecule has 0 unspecified atom stereocenters. The molecule has 2 aromatic rings. The summed E-state index contributed by atoms with van der Waals surface area (Å²) in [6.07, 6.45) is 0. The Morgan fingerprint density at radius 2 is 2.07 bits per heavy atom. The number of nitrogens with one attached hydrogen (secondary N) is 1. The summed E-state index contributed by atoms with van der Waals surface area (Å²) >= 11 is 0. The van der Waals surface area contributed by atoms with Crippen LogP contribution in [0.15, 0.2) is 16.9 Å². The minimum absolute atomic E-state index is 0.334. The molecule has 2 rings (SSSR count). The largest absolute Gasteiger partial charge is 0.497 e. The van der Waals surface area contributed by atoms with Gasteiger partial charge in [0.2, 0.25) is 0 Å².